The number of hydrogen-bond acceptors (Lipinski definition) is 6. The highest BCUT2D eigenvalue weighted by Crippen LogP contribution is 2.36. The second kappa shape index (κ2) is 6.14. The Morgan fingerprint density at radius 3 is 2.71 bits per heavy atom. The second-order valence-corrected chi connectivity index (χ2v) is 7.18. The molecule has 2 heterocycles. The van der Waals surface area contributed by atoms with Crippen LogP contribution < -0.4 is 16.0 Å². The summed E-state index contributed by atoms with van der Waals surface area (Å²) in [6.07, 6.45) is 0.314. The number of nitrogen functional groups attached to an aromatic ring is 1. The summed E-state index contributed by atoms with van der Waals surface area (Å²) in [7, 11) is 0. The van der Waals surface area contributed by atoms with Gasteiger partial charge in [0, 0.05) is 18.7 Å². The van der Waals surface area contributed by atoms with Crippen LogP contribution in [0, 0.1) is 0 Å². The zero-order valence-electron chi connectivity index (χ0n) is 14.4. The molecule has 2 fully saturated rings. The number of anilines is 3. The third kappa shape index (κ3) is 3.73. The first-order chi connectivity index (χ1) is 11.3. The van der Waals surface area contributed by atoms with Crippen LogP contribution in [-0.2, 0) is 14.2 Å². The van der Waals surface area contributed by atoms with Crippen molar-refractivity contribution in [1.29, 1.82) is 0 Å². The highest BCUT2D eigenvalue weighted by Gasteiger charge is 2.43. The fourth-order valence-corrected chi connectivity index (χ4v) is 3.01. The molecule has 1 spiro atoms. The van der Waals surface area contributed by atoms with Gasteiger partial charge >= 0.3 is 6.09 Å². The Morgan fingerprint density at radius 2 is 2.04 bits per heavy atom. The average molecular weight is 335 g/mol. The van der Waals surface area contributed by atoms with Crippen LogP contribution in [0.5, 0.6) is 0 Å². The van der Waals surface area contributed by atoms with Crippen molar-refractivity contribution >= 4 is 23.2 Å². The van der Waals surface area contributed by atoms with Gasteiger partial charge < -0.3 is 24.8 Å². The van der Waals surface area contributed by atoms with Gasteiger partial charge in [-0.2, -0.15) is 0 Å². The van der Waals surface area contributed by atoms with Crippen LogP contribution in [0.1, 0.15) is 27.2 Å². The van der Waals surface area contributed by atoms with Gasteiger partial charge in [-0.1, -0.05) is 0 Å². The molecular formula is C17H25N3O4. The smallest absolute Gasteiger partial charge is 0.412 e. The summed E-state index contributed by atoms with van der Waals surface area (Å²) in [5, 5.41) is 2.74. The van der Waals surface area contributed by atoms with E-state index in [0.29, 0.717) is 31.1 Å². The van der Waals surface area contributed by atoms with E-state index >= 15 is 0 Å². The van der Waals surface area contributed by atoms with Gasteiger partial charge in [0.05, 0.1) is 31.1 Å². The number of rotatable bonds is 2. The molecule has 0 saturated carbocycles. The number of carbonyl (C=O) groups is 1. The summed E-state index contributed by atoms with van der Waals surface area (Å²) in [6, 6.07) is 5.40. The van der Waals surface area contributed by atoms with Crippen molar-refractivity contribution in [2.24, 2.45) is 0 Å². The fraction of sp³-hybridized carbons (Fsp3) is 0.588. The number of amides is 1. The number of ether oxygens (including phenoxy) is 3. The van der Waals surface area contributed by atoms with Crippen LogP contribution in [0.25, 0.3) is 0 Å². The van der Waals surface area contributed by atoms with Crippen LogP contribution in [0.3, 0.4) is 0 Å². The predicted molar refractivity (Wildman–Crippen MR) is 92.2 cm³/mol. The Kier molecular flexibility index (Phi) is 4.31. The van der Waals surface area contributed by atoms with Crippen molar-refractivity contribution in [1.82, 2.24) is 0 Å². The van der Waals surface area contributed by atoms with E-state index in [-0.39, 0.29) is 0 Å². The van der Waals surface area contributed by atoms with E-state index in [0.717, 1.165) is 18.7 Å². The maximum atomic E-state index is 11.9. The largest absolute Gasteiger partial charge is 0.444 e. The number of nitrogens with one attached hydrogen (secondary N) is 1. The lowest BCUT2D eigenvalue weighted by atomic mass is 10.2. The first-order valence-electron chi connectivity index (χ1n) is 8.19. The highest BCUT2D eigenvalue weighted by atomic mass is 16.7. The molecule has 24 heavy (non-hydrogen) atoms. The van der Waals surface area contributed by atoms with Crippen LogP contribution >= 0.6 is 0 Å². The van der Waals surface area contributed by atoms with Gasteiger partial charge in [-0.3, -0.25) is 5.32 Å². The number of benzene rings is 1. The summed E-state index contributed by atoms with van der Waals surface area (Å²) in [6.45, 7) is 8.16. The normalized spacial score (nSPS) is 19.7. The molecule has 1 amide bonds. The van der Waals surface area contributed by atoms with Crippen molar-refractivity contribution in [3.63, 3.8) is 0 Å². The quantitative estimate of drug-likeness (QED) is 0.808. The number of hydrogen-bond donors (Lipinski definition) is 2. The van der Waals surface area contributed by atoms with Gasteiger partial charge in [-0.25, -0.2) is 4.79 Å². The molecule has 7 nitrogen and oxygen atoms in total. The van der Waals surface area contributed by atoms with Crippen molar-refractivity contribution in [3.05, 3.63) is 18.2 Å². The predicted octanol–water partition coefficient (Wildman–Crippen LogP) is 2.57. The minimum Gasteiger partial charge on any atom is -0.444 e. The van der Waals surface area contributed by atoms with E-state index in [9.17, 15) is 4.79 Å². The van der Waals surface area contributed by atoms with Gasteiger partial charge in [-0.05, 0) is 39.0 Å². The molecular weight excluding hydrogens is 310 g/mol. The molecule has 2 aliphatic rings. The monoisotopic (exact) mass is 335 g/mol. The summed E-state index contributed by atoms with van der Waals surface area (Å²) < 4.78 is 16.8. The standard InChI is InChI=1S/C17H25N3O4/c1-16(2,3)24-15(21)19-12-4-5-13(18)14(10-12)20-7-6-17(11-20)22-8-9-23-17/h4-5,10H,6-9,11,18H2,1-3H3,(H,19,21). The van der Waals surface area contributed by atoms with Crippen LogP contribution in [-0.4, -0.2) is 43.8 Å². The first-order valence-corrected chi connectivity index (χ1v) is 8.19. The van der Waals surface area contributed by atoms with Crippen molar-refractivity contribution in [3.8, 4) is 0 Å². The van der Waals surface area contributed by atoms with Crippen LogP contribution in [0.2, 0.25) is 0 Å². The molecule has 7 heteroatoms. The molecule has 1 aromatic carbocycles. The maximum Gasteiger partial charge on any atom is 0.412 e. The molecule has 3 rings (SSSR count). The Balaban J connectivity index is 1.71. The SMILES string of the molecule is CC(C)(C)OC(=O)Nc1ccc(N)c(N2CCC3(C2)OCCO3)c1. The van der Waals surface area contributed by atoms with Crippen molar-refractivity contribution in [2.45, 2.75) is 38.6 Å². The molecule has 0 aromatic heterocycles. The zero-order chi connectivity index (χ0) is 17.4. The molecule has 2 aliphatic heterocycles. The van der Waals surface area contributed by atoms with E-state index in [2.05, 4.69) is 10.2 Å². The lowest BCUT2D eigenvalue weighted by molar-refractivity contribution is -0.137. The van der Waals surface area contributed by atoms with Crippen LogP contribution in [0.4, 0.5) is 21.9 Å². The fourth-order valence-electron chi connectivity index (χ4n) is 3.01. The van der Waals surface area contributed by atoms with E-state index in [1.165, 1.54) is 0 Å². The molecule has 0 bridgehead atoms. The summed E-state index contributed by atoms with van der Waals surface area (Å²) in [5.41, 5.74) is 7.73. The molecule has 0 aliphatic carbocycles. The Hall–Kier alpha value is -1.99. The minimum atomic E-state index is -0.542. The molecule has 0 atom stereocenters. The first kappa shape index (κ1) is 16.9. The van der Waals surface area contributed by atoms with Crippen molar-refractivity contribution in [2.75, 3.05) is 42.3 Å². The number of nitrogens with two attached hydrogens (primary N) is 1. The Bertz CT molecular complexity index is 621. The summed E-state index contributed by atoms with van der Waals surface area (Å²) >= 11 is 0. The molecule has 3 N–H and O–H groups in total. The lowest BCUT2D eigenvalue weighted by Crippen LogP contribution is -2.34. The number of carbonyl (C=O) groups excluding carboxylic acids is 1. The summed E-state index contributed by atoms with van der Waals surface area (Å²) in [5.74, 6) is -0.513. The van der Waals surface area contributed by atoms with Gasteiger partial charge in [0.25, 0.3) is 0 Å². The second-order valence-electron chi connectivity index (χ2n) is 7.18. The Labute approximate surface area is 142 Å². The molecule has 132 valence electrons. The molecule has 2 saturated heterocycles. The average Bonchev–Trinajstić information content (AvgIpc) is 3.10. The van der Waals surface area contributed by atoms with E-state index in [1.807, 2.05) is 26.8 Å². The van der Waals surface area contributed by atoms with Gasteiger partial charge in [0.15, 0.2) is 5.79 Å². The van der Waals surface area contributed by atoms with E-state index < -0.39 is 17.5 Å². The Morgan fingerprint density at radius 1 is 1.33 bits per heavy atom. The van der Waals surface area contributed by atoms with Gasteiger partial charge in [0.2, 0.25) is 0 Å². The number of nitrogens with zero attached hydrogens (tertiary/aromatic N) is 1. The highest BCUT2D eigenvalue weighted by molar-refractivity contribution is 5.87. The zero-order valence-corrected chi connectivity index (χ0v) is 14.4. The third-order valence-corrected chi connectivity index (χ3v) is 4.02. The topological polar surface area (TPSA) is 86.0 Å². The minimum absolute atomic E-state index is 0.487. The molecule has 0 unspecified atom stereocenters. The van der Waals surface area contributed by atoms with E-state index in [4.69, 9.17) is 19.9 Å². The third-order valence-electron chi connectivity index (χ3n) is 4.02. The van der Waals surface area contributed by atoms with Crippen molar-refractivity contribution < 1.29 is 19.0 Å². The van der Waals surface area contributed by atoms with Crippen LogP contribution in [0.15, 0.2) is 18.2 Å². The molecule has 0 radical (unpaired) electrons. The maximum absolute atomic E-state index is 11.9. The summed E-state index contributed by atoms with van der Waals surface area (Å²) in [4.78, 5) is 14.1. The van der Waals surface area contributed by atoms with E-state index in [1.54, 1.807) is 12.1 Å². The van der Waals surface area contributed by atoms with Gasteiger partial charge in [-0.15, -0.1) is 0 Å². The van der Waals surface area contributed by atoms with Gasteiger partial charge in [0.1, 0.15) is 5.60 Å². The molecule has 1 aromatic rings. The lowest BCUT2D eigenvalue weighted by Gasteiger charge is -2.25.